The summed E-state index contributed by atoms with van der Waals surface area (Å²) in [5.41, 5.74) is 7.39. The molecular formula is C12H15N3O2S. The molecule has 0 aromatic carbocycles. The number of carbonyl (C=O) groups is 1. The maximum absolute atomic E-state index is 11.1. The van der Waals surface area contributed by atoms with E-state index in [0.29, 0.717) is 10.6 Å². The number of hydrogen-bond donors (Lipinski definition) is 2. The van der Waals surface area contributed by atoms with E-state index in [1.165, 1.54) is 11.3 Å². The molecule has 2 aromatic heterocycles. The molecule has 2 heterocycles. The number of hydrogen-bond acceptors (Lipinski definition) is 4. The summed E-state index contributed by atoms with van der Waals surface area (Å²) in [4.78, 5) is 11.9. The van der Waals surface area contributed by atoms with Crippen molar-refractivity contribution in [2.75, 3.05) is 5.73 Å². The maximum atomic E-state index is 11.1. The highest BCUT2D eigenvalue weighted by Crippen LogP contribution is 2.37. The summed E-state index contributed by atoms with van der Waals surface area (Å²) >= 11 is 1.27. The SMILES string of the molecule is Cc1c(-c2ccn(C(C)C)n2)sc(N)c1C(=O)O. The van der Waals surface area contributed by atoms with Crippen molar-refractivity contribution in [3.63, 3.8) is 0 Å². The van der Waals surface area contributed by atoms with Crippen LogP contribution >= 0.6 is 11.3 Å². The van der Waals surface area contributed by atoms with Crippen LogP contribution in [0.4, 0.5) is 5.00 Å². The highest BCUT2D eigenvalue weighted by Gasteiger charge is 2.20. The number of nitrogens with zero attached hydrogens (tertiary/aromatic N) is 2. The quantitative estimate of drug-likeness (QED) is 0.894. The normalized spacial score (nSPS) is 11.1. The van der Waals surface area contributed by atoms with E-state index in [1.54, 1.807) is 6.92 Å². The predicted octanol–water partition coefficient (Wildman–Crippen LogP) is 2.78. The number of rotatable bonds is 3. The Morgan fingerprint density at radius 1 is 1.56 bits per heavy atom. The van der Waals surface area contributed by atoms with Crippen LogP contribution < -0.4 is 5.73 Å². The second kappa shape index (κ2) is 4.45. The van der Waals surface area contributed by atoms with Crippen LogP contribution in [0.1, 0.15) is 35.8 Å². The molecule has 0 aliphatic carbocycles. The predicted molar refractivity (Wildman–Crippen MR) is 72.0 cm³/mol. The van der Waals surface area contributed by atoms with Gasteiger partial charge in [-0.1, -0.05) is 0 Å². The number of nitrogen functional groups attached to an aromatic ring is 1. The fraction of sp³-hybridized carbons (Fsp3) is 0.333. The third-order valence-electron chi connectivity index (χ3n) is 2.76. The second-order valence-electron chi connectivity index (χ2n) is 4.38. The summed E-state index contributed by atoms with van der Waals surface area (Å²) in [6.07, 6.45) is 1.88. The van der Waals surface area contributed by atoms with Gasteiger partial charge in [-0.3, -0.25) is 4.68 Å². The second-order valence-corrected chi connectivity index (χ2v) is 5.43. The minimum absolute atomic E-state index is 0.189. The van der Waals surface area contributed by atoms with E-state index in [0.717, 1.165) is 10.6 Å². The van der Waals surface area contributed by atoms with E-state index in [-0.39, 0.29) is 11.6 Å². The summed E-state index contributed by atoms with van der Waals surface area (Å²) < 4.78 is 1.84. The van der Waals surface area contributed by atoms with Gasteiger partial charge >= 0.3 is 5.97 Å². The zero-order valence-corrected chi connectivity index (χ0v) is 11.3. The lowest BCUT2D eigenvalue weighted by atomic mass is 10.1. The zero-order valence-electron chi connectivity index (χ0n) is 10.5. The average Bonchev–Trinajstić information content (AvgIpc) is 2.83. The molecule has 0 saturated carbocycles. The Morgan fingerprint density at radius 2 is 2.22 bits per heavy atom. The molecule has 0 radical (unpaired) electrons. The molecule has 0 spiro atoms. The van der Waals surface area contributed by atoms with Crippen LogP contribution in [0.2, 0.25) is 0 Å². The van der Waals surface area contributed by atoms with Crippen molar-refractivity contribution in [3.05, 3.63) is 23.4 Å². The summed E-state index contributed by atoms with van der Waals surface area (Å²) in [5.74, 6) is -0.990. The Bertz CT molecular complexity index is 598. The number of aromatic carboxylic acids is 1. The van der Waals surface area contributed by atoms with Gasteiger partial charge in [0.2, 0.25) is 0 Å². The maximum Gasteiger partial charge on any atom is 0.338 e. The van der Waals surface area contributed by atoms with Crippen molar-refractivity contribution in [3.8, 4) is 10.6 Å². The van der Waals surface area contributed by atoms with Crippen molar-refractivity contribution in [1.82, 2.24) is 9.78 Å². The lowest BCUT2D eigenvalue weighted by Gasteiger charge is -2.03. The van der Waals surface area contributed by atoms with Crippen LogP contribution in [-0.4, -0.2) is 20.9 Å². The molecular weight excluding hydrogens is 250 g/mol. The van der Waals surface area contributed by atoms with Gasteiger partial charge in [0.25, 0.3) is 0 Å². The minimum Gasteiger partial charge on any atom is -0.478 e. The topological polar surface area (TPSA) is 81.1 Å². The van der Waals surface area contributed by atoms with Gasteiger partial charge in [-0.15, -0.1) is 11.3 Å². The number of anilines is 1. The van der Waals surface area contributed by atoms with Crippen molar-refractivity contribution >= 4 is 22.3 Å². The lowest BCUT2D eigenvalue weighted by molar-refractivity contribution is 0.0698. The van der Waals surface area contributed by atoms with Gasteiger partial charge in [0.05, 0.1) is 10.4 Å². The van der Waals surface area contributed by atoms with Crippen LogP contribution in [0.25, 0.3) is 10.6 Å². The first-order valence-corrected chi connectivity index (χ1v) is 6.41. The molecule has 0 aliphatic heterocycles. The molecule has 0 saturated heterocycles. The molecule has 6 heteroatoms. The third-order valence-corrected chi connectivity index (χ3v) is 3.90. The molecule has 0 atom stereocenters. The van der Waals surface area contributed by atoms with Crippen LogP contribution in [0.15, 0.2) is 12.3 Å². The van der Waals surface area contributed by atoms with Crippen LogP contribution in [0.5, 0.6) is 0 Å². The van der Waals surface area contributed by atoms with Gasteiger partial charge in [0.1, 0.15) is 10.7 Å². The van der Waals surface area contributed by atoms with Gasteiger partial charge in [0, 0.05) is 12.2 Å². The Morgan fingerprint density at radius 3 is 2.67 bits per heavy atom. The van der Waals surface area contributed by atoms with Gasteiger partial charge in [-0.2, -0.15) is 5.10 Å². The smallest absolute Gasteiger partial charge is 0.338 e. The van der Waals surface area contributed by atoms with Gasteiger partial charge in [0.15, 0.2) is 0 Å². The van der Waals surface area contributed by atoms with Gasteiger partial charge in [-0.25, -0.2) is 4.79 Å². The molecule has 0 fully saturated rings. The number of aromatic nitrogens is 2. The molecule has 0 amide bonds. The van der Waals surface area contributed by atoms with E-state index in [9.17, 15) is 4.79 Å². The first kappa shape index (κ1) is 12.6. The highest BCUT2D eigenvalue weighted by molar-refractivity contribution is 7.19. The third kappa shape index (κ3) is 1.99. The summed E-state index contributed by atoms with van der Waals surface area (Å²) in [6, 6.07) is 2.15. The minimum atomic E-state index is -0.990. The fourth-order valence-corrected chi connectivity index (χ4v) is 2.82. The Hall–Kier alpha value is -1.82. The van der Waals surface area contributed by atoms with Crippen LogP contribution in [0, 0.1) is 6.92 Å². The molecule has 2 rings (SSSR count). The van der Waals surface area contributed by atoms with E-state index >= 15 is 0 Å². The molecule has 2 aromatic rings. The number of thiophene rings is 1. The molecule has 0 aliphatic rings. The van der Waals surface area contributed by atoms with Crippen molar-refractivity contribution < 1.29 is 9.90 Å². The lowest BCUT2D eigenvalue weighted by Crippen LogP contribution is -2.01. The molecule has 5 nitrogen and oxygen atoms in total. The van der Waals surface area contributed by atoms with Crippen molar-refractivity contribution in [1.29, 1.82) is 0 Å². The van der Waals surface area contributed by atoms with E-state index in [2.05, 4.69) is 5.10 Å². The van der Waals surface area contributed by atoms with Gasteiger partial charge in [-0.05, 0) is 32.4 Å². The first-order valence-electron chi connectivity index (χ1n) is 5.59. The van der Waals surface area contributed by atoms with Crippen molar-refractivity contribution in [2.45, 2.75) is 26.8 Å². The Kier molecular flexibility index (Phi) is 3.13. The molecule has 18 heavy (non-hydrogen) atoms. The number of carboxylic acids is 1. The van der Waals surface area contributed by atoms with E-state index in [4.69, 9.17) is 10.8 Å². The summed E-state index contributed by atoms with van der Waals surface area (Å²) in [6.45, 7) is 5.84. The number of carboxylic acid groups (broad SMARTS) is 1. The van der Waals surface area contributed by atoms with Crippen LogP contribution in [-0.2, 0) is 0 Å². The van der Waals surface area contributed by atoms with E-state index < -0.39 is 5.97 Å². The molecule has 96 valence electrons. The average molecular weight is 265 g/mol. The van der Waals surface area contributed by atoms with Gasteiger partial charge < -0.3 is 10.8 Å². The Balaban J connectivity index is 2.51. The zero-order chi connectivity index (χ0) is 13.4. The van der Waals surface area contributed by atoms with Crippen molar-refractivity contribution in [2.24, 2.45) is 0 Å². The first-order chi connectivity index (χ1) is 8.41. The fourth-order valence-electron chi connectivity index (χ4n) is 1.79. The standard InChI is InChI=1S/C12H15N3O2S/c1-6(2)15-5-4-8(14-15)10-7(3)9(12(16)17)11(13)18-10/h4-6H,13H2,1-3H3,(H,16,17). The molecule has 0 bridgehead atoms. The highest BCUT2D eigenvalue weighted by atomic mass is 32.1. The Labute approximate surface area is 109 Å². The summed E-state index contributed by atoms with van der Waals surface area (Å²) in [7, 11) is 0. The summed E-state index contributed by atoms with van der Waals surface area (Å²) in [5, 5.41) is 13.9. The molecule has 3 N–H and O–H groups in total. The largest absolute Gasteiger partial charge is 0.478 e. The van der Waals surface area contributed by atoms with Crippen LogP contribution in [0.3, 0.4) is 0 Å². The number of nitrogens with two attached hydrogens (primary N) is 1. The monoisotopic (exact) mass is 265 g/mol. The van der Waals surface area contributed by atoms with E-state index in [1.807, 2.05) is 30.8 Å². The molecule has 0 unspecified atom stereocenters.